The van der Waals surface area contributed by atoms with Gasteiger partial charge >= 0.3 is 0 Å². The summed E-state index contributed by atoms with van der Waals surface area (Å²) in [6.07, 6.45) is 10.9. The lowest BCUT2D eigenvalue weighted by Crippen LogP contribution is -2.36. The van der Waals surface area contributed by atoms with E-state index in [-0.39, 0.29) is 5.78 Å². The molecule has 0 atom stereocenters. The molecule has 0 amide bonds. The lowest BCUT2D eigenvalue weighted by atomic mass is 10.1. The maximum absolute atomic E-state index is 12.3. The minimum Gasteiger partial charge on any atom is -0.465 e. The molecular formula is C21H23N3O3. The van der Waals surface area contributed by atoms with Crippen molar-refractivity contribution in [1.29, 1.82) is 0 Å². The number of morpholine rings is 1. The molecule has 0 bridgehead atoms. The highest BCUT2D eigenvalue weighted by Gasteiger charge is 2.13. The van der Waals surface area contributed by atoms with Gasteiger partial charge in [-0.3, -0.25) is 9.79 Å². The van der Waals surface area contributed by atoms with Gasteiger partial charge in [-0.25, -0.2) is 4.98 Å². The molecule has 27 heavy (non-hydrogen) atoms. The van der Waals surface area contributed by atoms with Crippen molar-refractivity contribution in [3.8, 4) is 0 Å². The average Bonchev–Trinajstić information content (AvgIpc) is 3.25. The summed E-state index contributed by atoms with van der Waals surface area (Å²) in [5, 5.41) is 0. The zero-order valence-electron chi connectivity index (χ0n) is 15.4. The van der Waals surface area contributed by atoms with Crippen LogP contribution in [-0.4, -0.2) is 49.8 Å². The molecule has 0 saturated carbocycles. The smallest absolute Gasteiger partial charge is 0.168 e. The van der Waals surface area contributed by atoms with Crippen LogP contribution < -0.4 is 4.90 Å². The third-order valence-electron chi connectivity index (χ3n) is 4.22. The monoisotopic (exact) mass is 365 g/mol. The molecule has 3 heterocycles. The summed E-state index contributed by atoms with van der Waals surface area (Å²) in [7, 11) is 1.71. The number of anilines is 1. The summed E-state index contributed by atoms with van der Waals surface area (Å²) in [6, 6.07) is 7.42. The first-order chi connectivity index (χ1) is 13.3. The normalized spacial score (nSPS) is 15.7. The van der Waals surface area contributed by atoms with Crippen LogP contribution in [-0.2, 0) is 4.74 Å². The van der Waals surface area contributed by atoms with Gasteiger partial charge in [0, 0.05) is 38.3 Å². The van der Waals surface area contributed by atoms with Gasteiger partial charge in [-0.05, 0) is 42.5 Å². The summed E-state index contributed by atoms with van der Waals surface area (Å²) >= 11 is 0. The maximum Gasteiger partial charge on any atom is 0.168 e. The van der Waals surface area contributed by atoms with Crippen molar-refractivity contribution in [2.24, 2.45) is 4.99 Å². The minimum absolute atomic E-state index is 0.0257. The van der Waals surface area contributed by atoms with E-state index < -0.39 is 0 Å². The van der Waals surface area contributed by atoms with E-state index in [1.54, 1.807) is 19.5 Å². The second-order valence-electron chi connectivity index (χ2n) is 6.03. The van der Waals surface area contributed by atoms with Crippen LogP contribution in [0.2, 0.25) is 0 Å². The Morgan fingerprint density at radius 3 is 2.78 bits per heavy atom. The zero-order chi connectivity index (χ0) is 18.9. The van der Waals surface area contributed by atoms with E-state index >= 15 is 0 Å². The molecule has 0 radical (unpaired) electrons. The minimum atomic E-state index is 0.0257. The van der Waals surface area contributed by atoms with Crippen LogP contribution in [0.15, 0.2) is 64.4 Å². The molecule has 0 aromatic carbocycles. The fraction of sp³-hybridized carbons (Fsp3) is 0.286. The molecule has 1 aliphatic heterocycles. The van der Waals surface area contributed by atoms with Crippen LogP contribution in [0.4, 0.5) is 5.82 Å². The standard InChI is InChI=1S/C21H23N3O3/c1-22-18(8-9-19-5-3-13-27-19)4-2-6-20(25)17-7-10-21(23-16-17)24-11-14-26-15-12-24/h2-5,7-10,13,16H,6,11-12,14-15H2,1H3/b4-2-,9-8+,22-18?. The second-order valence-corrected chi connectivity index (χ2v) is 6.03. The van der Waals surface area contributed by atoms with Gasteiger partial charge in [-0.15, -0.1) is 0 Å². The van der Waals surface area contributed by atoms with Gasteiger partial charge in [0.15, 0.2) is 5.78 Å². The van der Waals surface area contributed by atoms with Gasteiger partial charge in [-0.2, -0.15) is 0 Å². The molecule has 2 aromatic rings. The number of rotatable bonds is 7. The summed E-state index contributed by atoms with van der Waals surface area (Å²) in [4.78, 5) is 23.1. The first kappa shape index (κ1) is 18.8. The van der Waals surface area contributed by atoms with Crippen LogP contribution >= 0.6 is 0 Å². The van der Waals surface area contributed by atoms with Crippen molar-refractivity contribution in [3.63, 3.8) is 0 Å². The number of ketones is 1. The zero-order valence-corrected chi connectivity index (χ0v) is 15.4. The number of ether oxygens (including phenoxy) is 1. The predicted octanol–water partition coefficient (Wildman–Crippen LogP) is 3.42. The number of Topliss-reactive ketones (excluding diaryl/α,β-unsaturated/α-hetero) is 1. The van der Waals surface area contributed by atoms with Gasteiger partial charge < -0.3 is 14.1 Å². The number of hydrogen-bond acceptors (Lipinski definition) is 6. The number of carbonyl (C=O) groups excluding carboxylic acids is 1. The van der Waals surface area contributed by atoms with Crippen LogP contribution in [0.1, 0.15) is 22.5 Å². The van der Waals surface area contributed by atoms with E-state index in [0.29, 0.717) is 25.2 Å². The predicted molar refractivity (Wildman–Crippen MR) is 106 cm³/mol. The van der Waals surface area contributed by atoms with E-state index in [0.717, 1.165) is 30.4 Å². The molecule has 6 nitrogen and oxygen atoms in total. The fourth-order valence-electron chi connectivity index (χ4n) is 2.69. The average molecular weight is 365 g/mol. The van der Waals surface area contributed by atoms with Crippen molar-refractivity contribution >= 4 is 23.4 Å². The fourth-order valence-corrected chi connectivity index (χ4v) is 2.69. The summed E-state index contributed by atoms with van der Waals surface area (Å²) in [6.45, 7) is 3.08. The molecule has 6 heteroatoms. The number of carbonyl (C=O) groups is 1. The first-order valence-corrected chi connectivity index (χ1v) is 8.93. The third-order valence-corrected chi connectivity index (χ3v) is 4.22. The van der Waals surface area contributed by atoms with E-state index in [4.69, 9.17) is 9.15 Å². The summed E-state index contributed by atoms with van der Waals surface area (Å²) in [5.74, 6) is 1.67. The number of aromatic nitrogens is 1. The molecule has 3 rings (SSSR count). The van der Waals surface area contributed by atoms with Crippen molar-refractivity contribution < 1.29 is 13.9 Å². The van der Waals surface area contributed by atoms with Gasteiger partial charge in [0.1, 0.15) is 11.6 Å². The molecule has 1 saturated heterocycles. The molecular weight excluding hydrogens is 342 g/mol. The topological polar surface area (TPSA) is 67.9 Å². The highest BCUT2D eigenvalue weighted by molar-refractivity contribution is 6.06. The van der Waals surface area contributed by atoms with E-state index in [2.05, 4.69) is 14.9 Å². The third kappa shape index (κ3) is 5.49. The number of pyridine rings is 1. The van der Waals surface area contributed by atoms with Crippen LogP contribution in [0.25, 0.3) is 6.08 Å². The Morgan fingerprint density at radius 2 is 2.11 bits per heavy atom. The molecule has 1 aliphatic rings. The van der Waals surface area contributed by atoms with Crippen molar-refractivity contribution in [3.05, 3.63) is 66.3 Å². The largest absolute Gasteiger partial charge is 0.465 e. The van der Waals surface area contributed by atoms with Crippen LogP contribution in [0.5, 0.6) is 0 Å². The van der Waals surface area contributed by atoms with E-state index in [9.17, 15) is 4.79 Å². The van der Waals surface area contributed by atoms with Crippen molar-refractivity contribution in [1.82, 2.24) is 4.98 Å². The molecule has 1 fully saturated rings. The summed E-state index contributed by atoms with van der Waals surface area (Å²) in [5.41, 5.74) is 1.37. The quantitative estimate of drug-likeness (QED) is 0.555. The summed E-state index contributed by atoms with van der Waals surface area (Å²) < 4.78 is 10.6. The molecule has 0 aliphatic carbocycles. The lowest BCUT2D eigenvalue weighted by Gasteiger charge is -2.27. The number of furan rings is 1. The molecule has 0 spiro atoms. The Hall–Kier alpha value is -2.99. The second kappa shape index (κ2) is 9.64. The van der Waals surface area contributed by atoms with E-state index in [1.807, 2.05) is 48.6 Å². The Bertz CT molecular complexity index is 815. The molecule has 0 unspecified atom stereocenters. The molecule has 2 aromatic heterocycles. The Morgan fingerprint density at radius 1 is 1.26 bits per heavy atom. The highest BCUT2D eigenvalue weighted by atomic mass is 16.5. The number of allylic oxidation sites excluding steroid dienone is 3. The van der Waals surface area contributed by atoms with Crippen LogP contribution in [0, 0.1) is 0 Å². The Labute approximate surface area is 158 Å². The number of hydrogen-bond donors (Lipinski definition) is 0. The Balaban J connectivity index is 1.54. The number of nitrogens with zero attached hydrogens (tertiary/aromatic N) is 3. The van der Waals surface area contributed by atoms with Crippen molar-refractivity contribution in [2.45, 2.75) is 6.42 Å². The van der Waals surface area contributed by atoms with Gasteiger partial charge in [0.25, 0.3) is 0 Å². The van der Waals surface area contributed by atoms with Crippen molar-refractivity contribution in [2.75, 3.05) is 38.3 Å². The first-order valence-electron chi connectivity index (χ1n) is 8.93. The number of aliphatic imine (C=N–C) groups is 1. The lowest BCUT2D eigenvalue weighted by molar-refractivity contribution is 0.0995. The van der Waals surface area contributed by atoms with E-state index in [1.165, 1.54) is 0 Å². The molecule has 0 N–H and O–H groups in total. The maximum atomic E-state index is 12.3. The van der Waals surface area contributed by atoms with Crippen LogP contribution in [0.3, 0.4) is 0 Å². The molecule has 140 valence electrons. The van der Waals surface area contributed by atoms with Gasteiger partial charge in [0.2, 0.25) is 0 Å². The highest BCUT2D eigenvalue weighted by Crippen LogP contribution is 2.14. The van der Waals surface area contributed by atoms with Gasteiger partial charge in [-0.1, -0.05) is 6.08 Å². The SMILES string of the molecule is CN=C(/C=C\CC(=O)c1ccc(N2CCOCC2)nc1)/C=C/c1ccco1. The Kier molecular flexibility index (Phi) is 6.71. The van der Waals surface area contributed by atoms with Gasteiger partial charge in [0.05, 0.1) is 25.2 Å².